The van der Waals surface area contributed by atoms with Crippen LogP contribution in [-0.4, -0.2) is 68.1 Å². The highest BCUT2D eigenvalue weighted by Crippen LogP contribution is 2.40. The molecule has 14 nitrogen and oxygen atoms in total. The molecule has 5 heterocycles. The van der Waals surface area contributed by atoms with Gasteiger partial charge in [-0.25, -0.2) is 13.9 Å². The van der Waals surface area contributed by atoms with Crippen LogP contribution in [0.5, 0.6) is 0 Å². The molecular weight excluding hydrogens is 638 g/mol. The summed E-state index contributed by atoms with van der Waals surface area (Å²) in [6, 6.07) is 7.13. The van der Waals surface area contributed by atoms with Crippen LogP contribution in [0.2, 0.25) is 0 Å². The maximum atomic E-state index is 14.6. The number of amidine groups is 1. The number of pyridine rings is 1. The van der Waals surface area contributed by atoms with Gasteiger partial charge in [-0.2, -0.15) is 0 Å². The Morgan fingerprint density at radius 3 is 2.80 bits per heavy atom. The number of oxime groups is 1. The average Bonchev–Trinajstić information content (AvgIpc) is 3.64. The summed E-state index contributed by atoms with van der Waals surface area (Å²) in [7, 11) is 1.26. The molecule has 2 atom stereocenters. The summed E-state index contributed by atoms with van der Waals surface area (Å²) in [6.07, 6.45) is 5.42. The van der Waals surface area contributed by atoms with Crippen molar-refractivity contribution in [1.29, 1.82) is 5.41 Å². The number of carboxylic acid groups (broad SMARTS) is 1. The Bertz CT molecular complexity index is 1990. The van der Waals surface area contributed by atoms with E-state index in [1.807, 2.05) is 29.1 Å². The molecule has 0 bridgehead atoms. The molecule has 236 valence electrons. The first-order valence-electron chi connectivity index (χ1n) is 13.7. The highest BCUT2D eigenvalue weighted by molar-refractivity contribution is 8.00. The molecule has 1 aromatic carbocycles. The number of benzene rings is 1. The summed E-state index contributed by atoms with van der Waals surface area (Å²) < 4.78 is 18.3. The minimum atomic E-state index is -1.50. The van der Waals surface area contributed by atoms with Crippen molar-refractivity contribution in [2.75, 3.05) is 18.6 Å². The molecule has 2 amide bonds. The third-order valence-corrected chi connectivity index (χ3v) is 9.55. The highest BCUT2D eigenvalue weighted by Gasteiger charge is 2.53. The molecule has 0 spiro atoms. The zero-order valence-electron chi connectivity index (χ0n) is 24.1. The molecule has 2 aliphatic rings. The number of hydrogen-bond donors (Lipinski definition) is 4. The van der Waals surface area contributed by atoms with Crippen LogP contribution < -0.4 is 26.5 Å². The number of carbonyl (C=O) groups is 3. The van der Waals surface area contributed by atoms with Crippen LogP contribution in [0.4, 0.5) is 9.52 Å². The van der Waals surface area contributed by atoms with Crippen molar-refractivity contribution in [2.45, 2.75) is 24.5 Å². The minimum absolute atomic E-state index is 0.169. The third kappa shape index (κ3) is 5.65. The Balaban J connectivity index is 1.18. The molecule has 1 fully saturated rings. The Morgan fingerprint density at radius 2 is 2.13 bits per heavy atom. The lowest BCUT2D eigenvalue weighted by Gasteiger charge is -2.50. The monoisotopic (exact) mass is 663 g/mol. The van der Waals surface area contributed by atoms with E-state index in [4.69, 9.17) is 21.7 Å². The Labute approximate surface area is 268 Å². The second kappa shape index (κ2) is 12.2. The standard InChI is InChI=1S/C29H26FN9O5S2/c1-44-36-21(19-13-46-29(33)34-19)25(40)35-22-26(41)39-23(28(42)43)17(12-45-27(22)39)10-37-6-5-20-16(9-37)4-7-38(20)11-15-3-2-14(24(31)32)8-18(15)30/h2-9,13,22,27H,10-12H2,1H3,(H6-,31,32,33,34,35,40,42,43)/b36-21-/t22-,27-/m1/s1. The van der Waals surface area contributed by atoms with Crippen molar-refractivity contribution in [3.63, 3.8) is 0 Å². The number of nitrogen functional groups attached to an aromatic ring is 2. The summed E-state index contributed by atoms with van der Waals surface area (Å²) in [5.41, 5.74) is 12.9. The van der Waals surface area contributed by atoms with E-state index in [-0.39, 0.29) is 46.9 Å². The van der Waals surface area contributed by atoms with E-state index in [0.717, 1.165) is 27.1 Å². The number of carboxylic acids is 1. The number of thioether (sulfide) groups is 1. The number of nitrogens with one attached hydrogen (secondary N) is 2. The molecule has 46 heavy (non-hydrogen) atoms. The highest BCUT2D eigenvalue weighted by atomic mass is 32.2. The number of thiazole rings is 1. The van der Waals surface area contributed by atoms with E-state index in [1.54, 1.807) is 22.9 Å². The van der Waals surface area contributed by atoms with Gasteiger partial charge in [0.25, 0.3) is 11.8 Å². The van der Waals surface area contributed by atoms with Crippen LogP contribution in [0.25, 0.3) is 10.9 Å². The number of aliphatic carboxylic acids is 1. The number of hydrogen-bond acceptors (Lipinski definition) is 11. The summed E-state index contributed by atoms with van der Waals surface area (Å²) in [5.74, 6) is -3.22. The van der Waals surface area contributed by atoms with Crippen LogP contribution >= 0.6 is 23.1 Å². The summed E-state index contributed by atoms with van der Waals surface area (Å²) >= 11 is 2.42. The maximum Gasteiger partial charge on any atom is 0.276 e. The van der Waals surface area contributed by atoms with Crippen LogP contribution in [0.3, 0.4) is 0 Å². The van der Waals surface area contributed by atoms with E-state index in [0.29, 0.717) is 16.7 Å². The van der Waals surface area contributed by atoms with Crippen molar-refractivity contribution in [2.24, 2.45) is 10.9 Å². The summed E-state index contributed by atoms with van der Waals surface area (Å²) in [5, 5.41) is 28.0. The van der Waals surface area contributed by atoms with Crippen molar-refractivity contribution >= 4 is 68.5 Å². The Morgan fingerprint density at radius 1 is 1.33 bits per heavy atom. The molecule has 6 rings (SSSR count). The van der Waals surface area contributed by atoms with Crippen LogP contribution in [0, 0.1) is 11.2 Å². The topological polar surface area (TPSA) is 209 Å². The molecule has 0 aliphatic carbocycles. The number of fused-ring (bicyclic) bond motifs is 2. The molecule has 2 aliphatic heterocycles. The van der Waals surface area contributed by atoms with Gasteiger partial charge in [0, 0.05) is 40.1 Å². The minimum Gasteiger partial charge on any atom is -0.543 e. The lowest BCUT2D eigenvalue weighted by Crippen LogP contribution is -2.71. The number of halogens is 1. The quantitative estimate of drug-likeness (QED) is 0.0586. The fourth-order valence-corrected chi connectivity index (χ4v) is 7.25. The average molecular weight is 664 g/mol. The predicted octanol–water partition coefficient (Wildman–Crippen LogP) is -0.106. The third-order valence-electron chi connectivity index (χ3n) is 7.54. The van der Waals surface area contributed by atoms with Gasteiger partial charge in [-0.15, -0.1) is 23.1 Å². The van der Waals surface area contributed by atoms with Gasteiger partial charge in [-0.1, -0.05) is 17.3 Å². The molecule has 0 radical (unpaired) electrons. The molecule has 17 heteroatoms. The van der Waals surface area contributed by atoms with E-state index >= 15 is 0 Å². The van der Waals surface area contributed by atoms with Gasteiger partial charge in [0.2, 0.25) is 0 Å². The fraction of sp³-hybridized carbons (Fsp3) is 0.207. The number of amides is 2. The zero-order chi connectivity index (χ0) is 32.7. The second-order valence-electron chi connectivity index (χ2n) is 10.4. The number of rotatable bonds is 10. The molecule has 4 aromatic rings. The first-order valence-corrected chi connectivity index (χ1v) is 15.6. The van der Waals surface area contributed by atoms with E-state index in [9.17, 15) is 23.9 Å². The Kier molecular flexibility index (Phi) is 8.18. The summed E-state index contributed by atoms with van der Waals surface area (Å²) in [6.45, 7) is 0.420. The van der Waals surface area contributed by atoms with Crippen molar-refractivity contribution < 1.29 is 33.3 Å². The van der Waals surface area contributed by atoms with Crippen LogP contribution in [0.1, 0.15) is 16.8 Å². The van der Waals surface area contributed by atoms with Gasteiger partial charge in [-0.3, -0.25) is 19.9 Å². The molecule has 1 saturated heterocycles. The molecule has 0 saturated carbocycles. The fourth-order valence-electron chi connectivity index (χ4n) is 5.37. The lowest BCUT2D eigenvalue weighted by molar-refractivity contribution is -0.687. The summed E-state index contributed by atoms with van der Waals surface area (Å²) in [4.78, 5) is 48.4. The second-order valence-corrected chi connectivity index (χ2v) is 12.4. The number of nitrogens with two attached hydrogens (primary N) is 2. The first-order chi connectivity index (χ1) is 22.0. The molecule has 0 unspecified atom stereocenters. The Hall–Kier alpha value is -5.29. The van der Waals surface area contributed by atoms with Gasteiger partial charge in [0.15, 0.2) is 29.8 Å². The SMILES string of the molecule is CO/N=C(\C(=O)N[C@@H]1C(=O)N2C(C(=O)[O-])=C(C[n+]3ccc4c(ccn4Cc4ccc(C(=N)N)cc4F)c3)CS[C@H]12)c1csc(N)n1. The smallest absolute Gasteiger partial charge is 0.276 e. The van der Waals surface area contributed by atoms with Gasteiger partial charge in [0.05, 0.1) is 29.1 Å². The molecular formula is C29H26FN9O5S2. The number of aromatic nitrogens is 3. The number of anilines is 1. The lowest BCUT2D eigenvalue weighted by atomic mass is 10.0. The van der Waals surface area contributed by atoms with Crippen molar-refractivity contribution in [1.82, 2.24) is 19.8 Å². The van der Waals surface area contributed by atoms with E-state index in [2.05, 4.69) is 15.5 Å². The van der Waals surface area contributed by atoms with Crippen LogP contribution in [-0.2, 0) is 32.3 Å². The predicted molar refractivity (Wildman–Crippen MR) is 166 cm³/mol. The normalized spacial score (nSPS) is 17.9. The van der Waals surface area contributed by atoms with E-state index < -0.39 is 35.0 Å². The first kappa shape index (κ1) is 30.7. The largest absolute Gasteiger partial charge is 0.543 e. The number of carbonyl (C=O) groups excluding carboxylic acids is 3. The van der Waals surface area contributed by atoms with Crippen molar-refractivity contribution in [3.8, 4) is 0 Å². The van der Waals surface area contributed by atoms with Gasteiger partial charge >= 0.3 is 0 Å². The maximum absolute atomic E-state index is 14.6. The van der Waals surface area contributed by atoms with Gasteiger partial charge < -0.3 is 36.1 Å². The number of nitrogens with zero attached hydrogens (tertiary/aromatic N) is 5. The van der Waals surface area contributed by atoms with E-state index in [1.165, 1.54) is 30.3 Å². The van der Waals surface area contributed by atoms with Gasteiger partial charge in [0.1, 0.15) is 35.9 Å². The van der Waals surface area contributed by atoms with Gasteiger partial charge in [-0.05, 0) is 12.1 Å². The van der Waals surface area contributed by atoms with Crippen LogP contribution in [0.15, 0.2) is 70.7 Å². The molecule has 6 N–H and O–H groups in total. The van der Waals surface area contributed by atoms with Crippen molar-refractivity contribution in [3.05, 3.63) is 88.2 Å². The zero-order valence-corrected chi connectivity index (χ0v) is 25.7. The molecule has 3 aromatic heterocycles. The number of β-lactam (4-membered cyclic amide) rings is 1.